The first-order valence-corrected chi connectivity index (χ1v) is 6.44. The number of nitrogens with one attached hydrogen (secondary N) is 1. The lowest BCUT2D eigenvalue weighted by atomic mass is 10.3. The average molecular weight is 280 g/mol. The molecule has 2 aromatic rings. The van der Waals surface area contributed by atoms with Crippen LogP contribution in [0.2, 0.25) is 0 Å². The molecule has 0 fully saturated rings. The molecule has 0 radical (unpaired) electrons. The molecule has 100 valence electrons. The van der Waals surface area contributed by atoms with Gasteiger partial charge in [0.05, 0.1) is 18.4 Å². The third-order valence-electron chi connectivity index (χ3n) is 2.37. The van der Waals surface area contributed by atoms with Crippen LogP contribution < -0.4 is 5.32 Å². The Bertz CT molecular complexity index is 576. The van der Waals surface area contributed by atoms with Crippen molar-refractivity contribution in [2.24, 2.45) is 0 Å². The molecule has 0 unspecified atom stereocenters. The minimum Gasteiger partial charge on any atom is -0.480 e. The molecule has 19 heavy (non-hydrogen) atoms. The topological polar surface area (TPSA) is 92.4 Å². The zero-order valence-electron chi connectivity index (χ0n) is 10.1. The van der Waals surface area contributed by atoms with E-state index in [2.05, 4.69) is 10.3 Å². The van der Waals surface area contributed by atoms with E-state index in [1.807, 2.05) is 0 Å². The molecule has 0 aromatic carbocycles. The Kier molecular flexibility index (Phi) is 3.96. The number of carboxylic acids is 1. The molecule has 0 aliphatic carbocycles. The summed E-state index contributed by atoms with van der Waals surface area (Å²) in [7, 11) is 0. The summed E-state index contributed by atoms with van der Waals surface area (Å²) in [5, 5.41) is 13.5. The molecule has 7 heteroatoms. The van der Waals surface area contributed by atoms with Crippen LogP contribution in [0.3, 0.4) is 0 Å². The molecule has 6 nitrogen and oxygen atoms in total. The van der Waals surface area contributed by atoms with Crippen molar-refractivity contribution in [1.29, 1.82) is 0 Å². The molecule has 2 N–H and O–H groups in total. The maximum absolute atomic E-state index is 11.6. The number of furan rings is 1. The van der Waals surface area contributed by atoms with E-state index in [0.29, 0.717) is 16.5 Å². The second kappa shape index (κ2) is 5.66. The number of hydrogen-bond acceptors (Lipinski definition) is 5. The average Bonchev–Trinajstić information content (AvgIpc) is 2.97. The van der Waals surface area contributed by atoms with E-state index in [-0.39, 0.29) is 12.3 Å². The van der Waals surface area contributed by atoms with Crippen LogP contribution in [0.5, 0.6) is 0 Å². The van der Waals surface area contributed by atoms with E-state index < -0.39 is 12.0 Å². The van der Waals surface area contributed by atoms with Gasteiger partial charge in [0.15, 0.2) is 10.8 Å². The molecule has 2 rings (SSSR count). The summed E-state index contributed by atoms with van der Waals surface area (Å²) >= 11 is 1.37. The maximum Gasteiger partial charge on any atom is 0.325 e. The van der Waals surface area contributed by atoms with Gasteiger partial charge in [-0.3, -0.25) is 9.59 Å². The third kappa shape index (κ3) is 3.41. The Morgan fingerprint density at radius 3 is 3.00 bits per heavy atom. The number of carbonyl (C=O) groups is 2. The molecule has 0 saturated heterocycles. The number of amides is 1. The number of hydrogen-bond donors (Lipinski definition) is 2. The number of nitrogens with zero attached hydrogens (tertiary/aromatic N) is 1. The lowest BCUT2D eigenvalue weighted by molar-refractivity contribution is -0.141. The Labute approximate surface area is 113 Å². The molecule has 1 atom stereocenters. The quantitative estimate of drug-likeness (QED) is 0.866. The number of carbonyl (C=O) groups excluding carboxylic acids is 1. The largest absolute Gasteiger partial charge is 0.480 e. The second-order valence-corrected chi connectivity index (χ2v) is 4.78. The van der Waals surface area contributed by atoms with E-state index in [4.69, 9.17) is 9.52 Å². The van der Waals surface area contributed by atoms with Crippen molar-refractivity contribution >= 4 is 23.2 Å². The van der Waals surface area contributed by atoms with Gasteiger partial charge < -0.3 is 14.8 Å². The summed E-state index contributed by atoms with van der Waals surface area (Å²) in [6.45, 7) is 1.41. The highest BCUT2D eigenvalue weighted by Crippen LogP contribution is 2.23. The predicted octanol–water partition coefficient (Wildman–Crippen LogP) is 1.53. The van der Waals surface area contributed by atoms with Gasteiger partial charge in [-0.25, -0.2) is 4.98 Å². The zero-order valence-corrected chi connectivity index (χ0v) is 10.9. The molecule has 0 saturated carbocycles. The summed E-state index contributed by atoms with van der Waals surface area (Å²) in [4.78, 5) is 26.5. The van der Waals surface area contributed by atoms with Gasteiger partial charge in [-0.05, 0) is 19.1 Å². The smallest absolute Gasteiger partial charge is 0.325 e. The molecule has 2 aromatic heterocycles. The van der Waals surface area contributed by atoms with Crippen LogP contribution in [0.15, 0.2) is 28.2 Å². The van der Waals surface area contributed by atoms with Crippen LogP contribution in [0.1, 0.15) is 12.6 Å². The van der Waals surface area contributed by atoms with E-state index >= 15 is 0 Å². The van der Waals surface area contributed by atoms with Gasteiger partial charge in [0.1, 0.15) is 6.04 Å². The zero-order chi connectivity index (χ0) is 13.8. The standard InChI is InChI=1S/C12H12N2O4S/c1-7(12(16)17)13-10(15)5-8-6-19-11(14-8)9-3-2-4-18-9/h2-4,6-7H,5H2,1H3,(H,13,15)(H,16,17)/t7-/m0/s1. The fourth-order valence-corrected chi connectivity index (χ4v) is 2.21. The number of thiazole rings is 1. The minimum atomic E-state index is -1.07. The van der Waals surface area contributed by atoms with Gasteiger partial charge >= 0.3 is 5.97 Å². The fourth-order valence-electron chi connectivity index (χ4n) is 1.42. The minimum absolute atomic E-state index is 0.0504. The normalized spacial score (nSPS) is 12.1. The van der Waals surface area contributed by atoms with E-state index in [0.717, 1.165) is 0 Å². The molecule has 1 amide bonds. The van der Waals surface area contributed by atoms with E-state index in [9.17, 15) is 9.59 Å². The van der Waals surface area contributed by atoms with Gasteiger partial charge in [0.25, 0.3) is 0 Å². The molecular weight excluding hydrogens is 268 g/mol. The number of aromatic nitrogens is 1. The Morgan fingerprint density at radius 1 is 1.58 bits per heavy atom. The van der Waals surface area contributed by atoms with Crippen LogP contribution in [0, 0.1) is 0 Å². The van der Waals surface area contributed by atoms with Gasteiger partial charge in [0, 0.05) is 5.38 Å². The fraction of sp³-hybridized carbons (Fsp3) is 0.250. The molecule has 0 aliphatic heterocycles. The van der Waals surface area contributed by atoms with Crippen molar-refractivity contribution in [3.8, 4) is 10.8 Å². The molecule has 0 spiro atoms. The predicted molar refractivity (Wildman–Crippen MR) is 68.8 cm³/mol. The van der Waals surface area contributed by atoms with Crippen molar-refractivity contribution in [3.05, 3.63) is 29.5 Å². The SMILES string of the molecule is C[C@H](NC(=O)Cc1csc(-c2ccco2)n1)C(=O)O. The van der Waals surface area contributed by atoms with Crippen LogP contribution in [-0.4, -0.2) is 28.0 Å². The summed E-state index contributed by atoms with van der Waals surface area (Å²) < 4.78 is 5.20. The van der Waals surface area contributed by atoms with Crippen molar-refractivity contribution < 1.29 is 19.1 Å². The van der Waals surface area contributed by atoms with Gasteiger partial charge in [0.2, 0.25) is 5.91 Å². The van der Waals surface area contributed by atoms with Gasteiger partial charge in [-0.15, -0.1) is 11.3 Å². The Hall–Kier alpha value is -2.15. The van der Waals surface area contributed by atoms with Crippen LogP contribution in [0.25, 0.3) is 10.8 Å². The number of aliphatic carboxylic acids is 1. The van der Waals surface area contributed by atoms with Gasteiger partial charge in [-0.2, -0.15) is 0 Å². The van der Waals surface area contributed by atoms with E-state index in [1.165, 1.54) is 18.3 Å². The van der Waals surface area contributed by atoms with Crippen molar-refractivity contribution in [2.45, 2.75) is 19.4 Å². The number of carboxylic acid groups (broad SMARTS) is 1. The lowest BCUT2D eigenvalue weighted by Crippen LogP contribution is -2.39. The van der Waals surface area contributed by atoms with Crippen molar-refractivity contribution in [3.63, 3.8) is 0 Å². The molecular formula is C12H12N2O4S. The molecule has 0 bridgehead atoms. The highest BCUT2D eigenvalue weighted by molar-refractivity contribution is 7.13. The first-order chi connectivity index (χ1) is 9.06. The summed E-state index contributed by atoms with van der Waals surface area (Å²) in [6.07, 6.45) is 1.60. The van der Waals surface area contributed by atoms with Crippen LogP contribution in [0.4, 0.5) is 0 Å². The van der Waals surface area contributed by atoms with Gasteiger partial charge in [-0.1, -0.05) is 0 Å². The Balaban J connectivity index is 1.97. The number of rotatable bonds is 5. The molecule has 2 heterocycles. The lowest BCUT2D eigenvalue weighted by Gasteiger charge is -2.07. The summed E-state index contributed by atoms with van der Waals surface area (Å²) in [6, 6.07) is 2.64. The van der Waals surface area contributed by atoms with Crippen molar-refractivity contribution in [2.75, 3.05) is 0 Å². The first-order valence-electron chi connectivity index (χ1n) is 5.56. The monoisotopic (exact) mass is 280 g/mol. The molecule has 0 aliphatic rings. The first kappa shape index (κ1) is 13.3. The van der Waals surface area contributed by atoms with Crippen molar-refractivity contribution in [1.82, 2.24) is 10.3 Å². The summed E-state index contributed by atoms with van der Waals surface area (Å²) in [5.74, 6) is -0.787. The highest BCUT2D eigenvalue weighted by Gasteiger charge is 2.15. The second-order valence-electron chi connectivity index (χ2n) is 3.93. The maximum atomic E-state index is 11.6. The third-order valence-corrected chi connectivity index (χ3v) is 3.28. The van der Waals surface area contributed by atoms with Crippen LogP contribution in [-0.2, 0) is 16.0 Å². The van der Waals surface area contributed by atoms with Crippen LogP contribution >= 0.6 is 11.3 Å². The highest BCUT2D eigenvalue weighted by atomic mass is 32.1. The Morgan fingerprint density at radius 2 is 2.37 bits per heavy atom. The summed E-state index contributed by atoms with van der Waals surface area (Å²) in [5.41, 5.74) is 0.589. The van der Waals surface area contributed by atoms with E-state index in [1.54, 1.807) is 23.8 Å².